The van der Waals surface area contributed by atoms with Crippen LogP contribution < -0.4 is 4.74 Å². The molecule has 90 valence electrons. The van der Waals surface area contributed by atoms with Crippen molar-refractivity contribution in [1.82, 2.24) is 0 Å². The molecule has 4 nitrogen and oxygen atoms in total. The third-order valence-corrected chi connectivity index (χ3v) is 2.50. The van der Waals surface area contributed by atoms with Crippen molar-refractivity contribution in [2.75, 3.05) is 0 Å². The Balaban J connectivity index is 2.64. The highest BCUT2D eigenvalue weighted by Gasteiger charge is 2.17. The molecule has 0 aliphatic rings. The van der Waals surface area contributed by atoms with Crippen LogP contribution in [0.5, 0.6) is 5.75 Å². The first kappa shape index (κ1) is 11.9. The summed E-state index contributed by atoms with van der Waals surface area (Å²) in [7, 11) is 0. The van der Waals surface area contributed by atoms with Gasteiger partial charge in [-0.15, -0.1) is 0 Å². The quantitative estimate of drug-likeness (QED) is 0.837. The van der Waals surface area contributed by atoms with Crippen molar-refractivity contribution in [1.29, 1.82) is 0 Å². The molecule has 2 aromatic rings. The van der Waals surface area contributed by atoms with Gasteiger partial charge in [0.25, 0.3) is 6.47 Å². The van der Waals surface area contributed by atoms with E-state index in [1.54, 1.807) is 24.3 Å². The van der Waals surface area contributed by atoms with Gasteiger partial charge in [0.15, 0.2) is 0 Å². The van der Waals surface area contributed by atoms with Crippen molar-refractivity contribution in [2.45, 2.75) is 0 Å². The normalized spacial score (nSPS) is 9.78. The minimum Gasteiger partial charge on any atom is -0.478 e. The fourth-order valence-corrected chi connectivity index (χ4v) is 1.76. The van der Waals surface area contributed by atoms with Gasteiger partial charge in [-0.05, 0) is 17.2 Å². The van der Waals surface area contributed by atoms with Crippen LogP contribution in [0.4, 0.5) is 0 Å². The average molecular weight is 242 g/mol. The van der Waals surface area contributed by atoms with Gasteiger partial charge in [0, 0.05) is 0 Å². The van der Waals surface area contributed by atoms with E-state index < -0.39 is 5.97 Å². The van der Waals surface area contributed by atoms with Gasteiger partial charge in [-0.3, -0.25) is 4.79 Å². The second-order valence-corrected chi connectivity index (χ2v) is 3.56. The SMILES string of the molecule is O=COc1cccc(-c2ccccc2)c1C(=O)O. The smallest absolute Gasteiger partial charge is 0.340 e. The molecule has 18 heavy (non-hydrogen) atoms. The summed E-state index contributed by atoms with van der Waals surface area (Å²) in [4.78, 5) is 21.7. The summed E-state index contributed by atoms with van der Waals surface area (Å²) in [6, 6.07) is 13.8. The Morgan fingerprint density at radius 2 is 1.78 bits per heavy atom. The van der Waals surface area contributed by atoms with E-state index in [4.69, 9.17) is 4.74 Å². The zero-order chi connectivity index (χ0) is 13.0. The lowest BCUT2D eigenvalue weighted by atomic mass is 9.99. The average Bonchev–Trinajstić information content (AvgIpc) is 2.39. The van der Waals surface area contributed by atoms with Gasteiger partial charge in [-0.25, -0.2) is 4.79 Å². The summed E-state index contributed by atoms with van der Waals surface area (Å²) in [6.45, 7) is 0.219. The Labute approximate surface area is 103 Å². The molecule has 0 aromatic heterocycles. The number of carbonyl (C=O) groups excluding carboxylic acids is 1. The van der Waals surface area contributed by atoms with Gasteiger partial charge in [-0.2, -0.15) is 0 Å². The highest BCUT2D eigenvalue weighted by Crippen LogP contribution is 2.30. The second-order valence-electron chi connectivity index (χ2n) is 3.56. The first-order chi connectivity index (χ1) is 8.74. The van der Waals surface area contributed by atoms with Crippen LogP contribution in [0.2, 0.25) is 0 Å². The number of ether oxygens (including phenoxy) is 1. The van der Waals surface area contributed by atoms with E-state index >= 15 is 0 Å². The zero-order valence-electron chi connectivity index (χ0n) is 9.37. The zero-order valence-corrected chi connectivity index (χ0v) is 9.37. The molecular weight excluding hydrogens is 232 g/mol. The molecule has 0 aliphatic heterocycles. The molecule has 0 amide bonds. The van der Waals surface area contributed by atoms with Crippen LogP contribution in [-0.2, 0) is 4.79 Å². The van der Waals surface area contributed by atoms with Gasteiger partial charge in [-0.1, -0.05) is 42.5 Å². The van der Waals surface area contributed by atoms with E-state index in [2.05, 4.69) is 0 Å². The Morgan fingerprint density at radius 3 is 2.39 bits per heavy atom. The van der Waals surface area contributed by atoms with E-state index in [1.807, 2.05) is 18.2 Å². The van der Waals surface area contributed by atoms with Gasteiger partial charge in [0.1, 0.15) is 11.3 Å². The monoisotopic (exact) mass is 242 g/mol. The first-order valence-electron chi connectivity index (χ1n) is 5.26. The molecule has 4 heteroatoms. The molecule has 0 unspecified atom stereocenters. The van der Waals surface area contributed by atoms with Crippen molar-refractivity contribution >= 4 is 12.4 Å². The van der Waals surface area contributed by atoms with Crippen LogP contribution in [0.25, 0.3) is 11.1 Å². The lowest BCUT2D eigenvalue weighted by Gasteiger charge is -2.09. The molecular formula is C14H10O4. The van der Waals surface area contributed by atoms with Crippen LogP contribution in [0.15, 0.2) is 48.5 Å². The van der Waals surface area contributed by atoms with Crippen molar-refractivity contribution < 1.29 is 19.4 Å². The third kappa shape index (κ3) is 2.22. The molecule has 0 saturated heterocycles. The minimum absolute atomic E-state index is 0.0178. The van der Waals surface area contributed by atoms with Crippen molar-refractivity contribution in [3.8, 4) is 16.9 Å². The van der Waals surface area contributed by atoms with Crippen molar-refractivity contribution in [3.63, 3.8) is 0 Å². The van der Waals surface area contributed by atoms with E-state index in [0.29, 0.717) is 5.56 Å². The Kier molecular flexibility index (Phi) is 3.38. The lowest BCUT2D eigenvalue weighted by Crippen LogP contribution is -2.04. The first-order valence-corrected chi connectivity index (χ1v) is 5.26. The fraction of sp³-hybridized carbons (Fsp3) is 0. The molecule has 0 heterocycles. The summed E-state index contributed by atoms with van der Waals surface area (Å²) in [5.41, 5.74) is 1.25. The van der Waals surface area contributed by atoms with Crippen LogP contribution in [0.1, 0.15) is 10.4 Å². The number of carbonyl (C=O) groups is 2. The minimum atomic E-state index is -1.13. The fourth-order valence-electron chi connectivity index (χ4n) is 1.76. The Hall–Kier alpha value is -2.62. The number of aromatic carboxylic acids is 1. The molecule has 2 rings (SSSR count). The summed E-state index contributed by atoms with van der Waals surface area (Å²) >= 11 is 0. The molecule has 1 N–H and O–H groups in total. The summed E-state index contributed by atoms with van der Waals surface area (Å²) in [5, 5.41) is 9.24. The topological polar surface area (TPSA) is 63.6 Å². The molecule has 0 saturated carbocycles. The number of benzene rings is 2. The molecule has 2 aromatic carbocycles. The predicted octanol–water partition coefficient (Wildman–Crippen LogP) is 2.59. The maximum absolute atomic E-state index is 11.3. The maximum Gasteiger partial charge on any atom is 0.340 e. The standard InChI is InChI=1S/C14H10O4/c15-9-18-12-8-4-7-11(13(12)14(16)17)10-5-2-1-3-6-10/h1-9H,(H,16,17). The summed E-state index contributed by atoms with van der Waals surface area (Å²) in [5.74, 6) is -1.09. The third-order valence-electron chi connectivity index (χ3n) is 2.50. The van der Waals surface area contributed by atoms with E-state index in [1.165, 1.54) is 6.07 Å². The van der Waals surface area contributed by atoms with E-state index in [-0.39, 0.29) is 17.8 Å². The van der Waals surface area contributed by atoms with Crippen LogP contribution >= 0.6 is 0 Å². The maximum atomic E-state index is 11.3. The second kappa shape index (κ2) is 5.14. The highest BCUT2D eigenvalue weighted by molar-refractivity contribution is 5.99. The number of carboxylic acids is 1. The Bertz CT molecular complexity index is 576. The molecule has 0 atom stereocenters. The van der Waals surface area contributed by atoms with Crippen LogP contribution in [0, 0.1) is 0 Å². The number of rotatable bonds is 4. The van der Waals surface area contributed by atoms with E-state index in [9.17, 15) is 14.7 Å². The largest absolute Gasteiger partial charge is 0.478 e. The van der Waals surface area contributed by atoms with Crippen LogP contribution in [0.3, 0.4) is 0 Å². The molecule has 0 aliphatic carbocycles. The lowest BCUT2D eigenvalue weighted by molar-refractivity contribution is -0.120. The molecule has 0 bridgehead atoms. The number of hydrogen-bond donors (Lipinski definition) is 1. The number of hydrogen-bond acceptors (Lipinski definition) is 3. The predicted molar refractivity (Wildman–Crippen MR) is 65.5 cm³/mol. The number of carboxylic acid groups (broad SMARTS) is 1. The van der Waals surface area contributed by atoms with Crippen molar-refractivity contribution in [2.24, 2.45) is 0 Å². The highest BCUT2D eigenvalue weighted by atomic mass is 16.5. The molecule has 0 radical (unpaired) electrons. The summed E-state index contributed by atoms with van der Waals surface area (Å²) in [6.07, 6.45) is 0. The van der Waals surface area contributed by atoms with E-state index in [0.717, 1.165) is 5.56 Å². The summed E-state index contributed by atoms with van der Waals surface area (Å²) < 4.78 is 4.70. The van der Waals surface area contributed by atoms with Crippen molar-refractivity contribution in [3.05, 3.63) is 54.1 Å². The van der Waals surface area contributed by atoms with Gasteiger partial charge in [0.05, 0.1) is 0 Å². The van der Waals surface area contributed by atoms with Gasteiger partial charge in [0.2, 0.25) is 0 Å². The Morgan fingerprint density at radius 1 is 1.06 bits per heavy atom. The van der Waals surface area contributed by atoms with Gasteiger partial charge < -0.3 is 9.84 Å². The van der Waals surface area contributed by atoms with Crippen LogP contribution in [-0.4, -0.2) is 17.5 Å². The molecule has 0 spiro atoms. The van der Waals surface area contributed by atoms with Gasteiger partial charge >= 0.3 is 5.97 Å². The molecule has 0 fully saturated rings.